The van der Waals surface area contributed by atoms with E-state index in [1.54, 1.807) is 16.7 Å². The fraction of sp³-hybridized carbons (Fsp3) is 0.600. The lowest BCUT2D eigenvalue weighted by Gasteiger charge is -2.32. The molecule has 1 aromatic rings. The summed E-state index contributed by atoms with van der Waals surface area (Å²) in [4.78, 5) is 0. The highest BCUT2D eigenvalue weighted by atomic mass is 15.0. The van der Waals surface area contributed by atoms with Gasteiger partial charge in [0.05, 0.1) is 0 Å². The molecule has 4 rings (SSSR count). The Balaban J connectivity index is 1.92. The third-order valence-electron chi connectivity index (χ3n) is 4.75. The summed E-state index contributed by atoms with van der Waals surface area (Å²) < 4.78 is 0. The minimum Gasteiger partial charge on any atom is -0.309 e. The van der Waals surface area contributed by atoms with Gasteiger partial charge in [0.15, 0.2) is 0 Å². The van der Waals surface area contributed by atoms with Crippen molar-refractivity contribution in [2.24, 2.45) is 5.92 Å². The number of hydrogen-bond acceptors (Lipinski definition) is 1. The van der Waals surface area contributed by atoms with Crippen LogP contribution in [0, 0.1) is 12.8 Å². The molecular weight excluding hydrogens is 194 g/mol. The third-order valence-corrected chi connectivity index (χ3v) is 4.75. The maximum absolute atomic E-state index is 3.81. The molecule has 1 heteroatoms. The van der Waals surface area contributed by atoms with E-state index in [4.69, 9.17) is 0 Å². The van der Waals surface area contributed by atoms with Crippen LogP contribution >= 0.6 is 0 Å². The normalized spacial score (nSPS) is 31.6. The molecule has 0 amide bonds. The number of rotatable bonds is 1. The van der Waals surface area contributed by atoms with Gasteiger partial charge in [-0.05, 0) is 66.7 Å². The molecule has 1 nitrogen and oxygen atoms in total. The highest BCUT2D eigenvalue weighted by Gasteiger charge is 2.40. The van der Waals surface area contributed by atoms with E-state index in [1.165, 1.54) is 37.8 Å². The van der Waals surface area contributed by atoms with Gasteiger partial charge in [-0.25, -0.2) is 0 Å². The Morgan fingerprint density at radius 2 is 2.00 bits per heavy atom. The van der Waals surface area contributed by atoms with Gasteiger partial charge in [-0.2, -0.15) is 0 Å². The third kappa shape index (κ3) is 1.15. The fourth-order valence-corrected chi connectivity index (χ4v) is 3.78. The molecule has 2 atom stereocenters. The van der Waals surface area contributed by atoms with Gasteiger partial charge in [0.2, 0.25) is 0 Å². The van der Waals surface area contributed by atoms with Crippen LogP contribution in [-0.2, 0) is 6.42 Å². The molecule has 0 aromatic heterocycles. The Bertz CT molecular complexity index is 445. The molecular formula is C15H19N. The first-order chi connectivity index (χ1) is 7.84. The summed E-state index contributed by atoms with van der Waals surface area (Å²) in [5.74, 6) is 1.76. The van der Waals surface area contributed by atoms with Gasteiger partial charge in [-0.3, -0.25) is 0 Å². The summed E-state index contributed by atoms with van der Waals surface area (Å²) in [6.07, 6.45) is 5.55. The van der Waals surface area contributed by atoms with Crippen molar-refractivity contribution < 1.29 is 0 Å². The second-order valence-corrected chi connectivity index (χ2v) is 5.83. The zero-order valence-corrected chi connectivity index (χ0v) is 9.92. The molecule has 1 heterocycles. The zero-order valence-electron chi connectivity index (χ0n) is 9.92. The van der Waals surface area contributed by atoms with E-state index in [1.807, 2.05) is 0 Å². The van der Waals surface area contributed by atoms with E-state index in [9.17, 15) is 0 Å². The number of aryl methyl sites for hydroxylation is 2. The largest absolute Gasteiger partial charge is 0.309 e. The van der Waals surface area contributed by atoms with Crippen LogP contribution in [0.15, 0.2) is 12.1 Å². The predicted molar refractivity (Wildman–Crippen MR) is 65.7 cm³/mol. The van der Waals surface area contributed by atoms with Crippen molar-refractivity contribution in [1.82, 2.24) is 5.32 Å². The van der Waals surface area contributed by atoms with Gasteiger partial charge < -0.3 is 5.32 Å². The number of hydrogen-bond donors (Lipinski definition) is 1. The molecule has 2 aliphatic carbocycles. The predicted octanol–water partition coefficient (Wildman–Crippen LogP) is 3.08. The smallest absolute Gasteiger partial charge is 0.0354 e. The van der Waals surface area contributed by atoms with Crippen molar-refractivity contribution >= 4 is 0 Å². The topological polar surface area (TPSA) is 12.0 Å². The van der Waals surface area contributed by atoms with E-state index < -0.39 is 0 Å². The van der Waals surface area contributed by atoms with Gasteiger partial charge in [0.1, 0.15) is 0 Å². The Hall–Kier alpha value is -0.820. The monoisotopic (exact) mass is 213 g/mol. The van der Waals surface area contributed by atoms with Crippen molar-refractivity contribution in [1.29, 1.82) is 0 Å². The summed E-state index contributed by atoms with van der Waals surface area (Å²) in [5, 5.41) is 3.81. The first kappa shape index (κ1) is 9.23. The molecule has 1 aromatic carbocycles. The lowest BCUT2D eigenvalue weighted by atomic mass is 9.83. The number of benzene rings is 1. The SMILES string of the molecule is Cc1ccc2c3c1C(C1CC1)NCC3CC2. The van der Waals surface area contributed by atoms with Crippen molar-refractivity contribution in [2.45, 2.75) is 44.6 Å². The molecule has 2 unspecified atom stereocenters. The molecule has 16 heavy (non-hydrogen) atoms. The van der Waals surface area contributed by atoms with Crippen molar-refractivity contribution in [3.8, 4) is 0 Å². The van der Waals surface area contributed by atoms with Crippen LogP contribution < -0.4 is 5.32 Å². The van der Waals surface area contributed by atoms with Crippen LogP contribution in [0.2, 0.25) is 0 Å². The summed E-state index contributed by atoms with van der Waals surface area (Å²) >= 11 is 0. The Labute approximate surface area is 97.2 Å². The first-order valence-electron chi connectivity index (χ1n) is 6.70. The lowest BCUT2D eigenvalue weighted by Crippen LogP contribution is -2.33. The van der Waals surface area contributed by atoms with E-state index in [0.29, 0.717) is 6.04 Å². The van der Waals surface area contributed by atoms with Crippen LogP contribution in [0.4, 0.5) is 0 Å². The first-order valence-corrected chi connectivity index (χ1v) is 6.70. The summed E-state index contributed by atoms with van der Waals surface area (Å²) in [6, 6.07) is 5.41. The van der Waals surface area contributed by atoms with Crippen molar-refractivity contribution in [3.63, 3.8) is 0 Å². The molecule has 0 saturated heterocycles. The standard InChI is InChI=1S/C15H19N/c1-9-2-3-10-4-7-12-8-16-15(11-5-6-11)13(9)14(10)12/h2-3,11-12,15-16H,4-8H2,1H3. The molecule has 1 aliphatic heterocycles. The quantitative estimate of drug-likeness (QED) is 0.756. The minimum absolute atomic E-state index is 0.685. The fourth-order valence-electron chi connectivity index (χ4n) is 3.78. The Morgan fingerprint density at radius 3 is 2.81 bits per heavy atom. The average Bonchev–Trinajstić information content (AvgIpc) is 3.06. The van der Waals surface area contributed by atoms with E-state index in [2.05, 4.69) is 24.4 Å². The Kier molecular flexibility index (Phi) is 1.79. The van der Waals surface area contributed by atoms with Gasteiger partial charge in [-0.15, -0.1) is 0 Å². The summed E-state index contributed by atoms with van der Waals surface area (Å²) in [6.45, 7) is 3.53. The molecule has 3 aliphatic rings. The maximum atomic E-state index is 3.81. The highest BCUT2D eigenvalue weighted by molar-refractivity contribution is 5.49. The van der Waals surface area contributed by atoms with E-state index in [-0.39, 0.29) is 0 Å². The molecule has 84 valence electrons. The summed E-state index contributed by atoms with van der Waals surface area (Å²) in [5.41, 5.74) is 6.61. The van der Waals surface area contributed by atoms with Crippen LogP contribution in [0.1, 0.15) is 53.5 Å². The Morgan fingerprint density at radius 1 is 1.12 bits per heavy atom. The number of nitrogens with one attached hydrogen (secondary N) is 1. The van der Waals surface area contributed by atoms with Crippen molar-refractivity contribution in [2.75, 3.05) is 6.54 Å². The van der Waals surface area contributed by atoms with Gasteiger partial charge in [0.25, 0.3) is 0 Å². The second-order valence-electron chi connectivity index (χ2n) is 5.83. The minimum atomic E-state index is 0.685. The molecule has 1 fully saturated rings. The zero-order chi connectivity index (χ0) is 10.7. The van der Waals surface area contributed by atoms with Crippen molar-refractivity contribution in [3.05, 3.63) is 34.4 Å². The van der Waals surface area contributed by atoms with Gasteiger partial charge in [-0.1, -0.05) is 12.1 Å². The van der Waals surface area contributed by atoms with E-state index >= 15 is 0 Å². The molecule has 0 bridgehead atoms. The lowest BCUT2D eigenvalue weighted by molar-refractivity contribution is 0.419. The molecule has 0 radical (unpaired) electrons. The van der Waals surface area contributed by atoms with Crippen LogP contribution in [-0.4, -0.2) is 6.54 Å². The summed E-state index contributed by atoms with van der Waals surface area (Å²) in [7, 11) is 0. The molecule has 0 spiro atoms. The van der Waals surface area contributed by atoms with Crippen LogP contribution in [0.5, 0.6) is 0 Å². The van der Waals surface area contributed by atoms with Crippen LogP contribution in [0.3, 0.4) is 0 Å². The highest BCUT2D eigenvalue weighted by Crippen LogP contribution is 2.49. The van der Waals surface area contributed by atoms with Crippen LogP contribution in [0.25, 0.3) is 0 Å². The molecule has 1 N–H and O–H groups in total. The maximum Gasteiger partial charge on any atom is 0.0354 e. The average molecular weight is 213 g/mol. The second kappa shape index (κ2) is 3.10. The van der Waals surface area contributed by atoms with Gasteiger partial charge >= 0.3 is 0 Å². The van der Waals surface area contributed by atoms with E-state index in [0.717, 1.165) is 11.8 Å². The van der Waals surface area contributed by atoms with Gasteiger partial charge in [0, 0.05) is 12.6 Å². The molecule has 1 saturated carbocycles.